The SMILES string of the molecule is CC1(C)C(=O)NC(=O)N1CC(=O)N1CC[C@@H](C(=O)O)C1. The number of amides is 4. The van der Waals surface area contributed by atoms with Crippen molar-refractivity contribution in [3.05, 3.63) is 0 Å². The van der Waals surface area contributed by atoms with Crippen LogP contribution < -0.4 is 5.32 Å². The van der Waals surface area contributed by atoms with Gasteiger partial charge in [0.15, 0.2) is 0 Å². The molecule has 2 aliphatic heterocycles. The first-order valence-electron chi connectivity index (χ1n) is 6.37. The van der Waals surface area contributed by atoms with Crippen molar-refractivity contribution in [3.63, 3.8) is 0 Å². The standard InChI is InChI=1S/C12H17N3O5/c1-12(2)10(19)13-11(20)15(12)6-8(16)14-4-3-7(5-14)9(17)18/h7H,3-6H2,1-2H3,(H,17,18)(H,13,19,20)/t7-/m1/s1. The molecule has 0 unspecified atom stereocenters. The highest BCUT2D eigenvalue weighted by Gasteiger charge is 2.47. The lowest BCUT2D eigenvalue weighted by Gasteiger charge is -2.29. The van der Waals surface area contributed by atoms with Crippen LogP contribution in [0.25, 0.3) is 0 Å². The molecule has 0 bridgehead atoms. The molecule has 8 heteroatoms. The molecule has 20 heavy (non-hydrogen) atoms. The van der Waals surface area contributed by atoms with Crippen molar-refractivity contribution in [2.75, 3.05) is 19.6 Å². The van der Waals surface area contributed by atoms with E-state index in [1.54, 1.807) is 13.8 Å². The summed E-state index contributed by atoms with van der Waals surface area (Å²) in [6, 6.07) is -0.595. The van der Waals surface area contributed by atoms with Crippen LogP contribution in [0.5, 0.6) is 0 Å². The second kappa shape index (κ2) is 4.77. The van der Waals surface area contributed by atoms with Gasteiger partial charge in [-0.3, -0.25) is 19.7 Å². The molecule has 2 N–H and O–H groups in total. The predicted octanol–water partition coefficient (Wildman–Crippen LogP) is -0.750. The van der Waals surface area contributed by atoms with Crippen LogP contribution in [0.2, 0.25) is 0 Å². The molecule has 4 amide bonds. The average Bonchev–Trinajstić information content (AvgIpc) is 2.90. The lowest BCUT2D eigenvalue weighted by Crippen LogP contribution is -2.49. The molecule has 2 aliphatic rings. The number of nitrogens with zero attached hydrogens (tertiary/aromatic N) is 2. The Hall–Kier alpha value is -2.12. The van der Waals surface area contributed by atoms with E-state index in [-0.39, 0.29) is 19.0 Å². The van der Waals surface area contributed by atoms with E-state index < -0.39 is 29.4 Å². The number of aliphatic carboxylic acids is 1. The maximum Gasteiger partial charge on any atom is 0.325 e. The number of hydrogen-bond donors (Lipinski definition) is 2. The number of nitrogens with one attached hydrogen (secondary N) is 1. The largest absolute Gasteiger partial charge is 0.481 e. The summed E-state index contributed by atoms with van der Waals surface area (Å²) in [4.78, 5) is 48.8. The van der Waals surface area contributed by atoms with Gasteiger partial charge >= 0.3 is 12.0 Å². The first-order valence-corrected chi connectivity index (χ1v) is 6.37. The van der Waals surface area contributed by atoms with Gasteiger partial charge in [-0.25, -0.2) is 4.79 Å². The van der Waals surface area contributed by atoms with Gasteiger partial charge in [-0.05, 0) is 20.3 Å². The summed E-state index contributed by atoms with van der Waals surface area (Å²) >= 11 is 0. The molecule has 110 valence electrons. The van der Waals surface area contributed by atoms with Gasteiger partial charge in [0.1, 0.15) is 12.1 Å². The van der Waals surface area contributed by atoms with Gasteiger partial charge in [0.2, 0.25) is 5.91 Å². The molecular formula is C12H17N3O5. The fourth-order valence-corrected chi connectivity index (χ4v) is 2.39. The van der Waals surface area contributed by atoms with Gasteiger partial charge in [-0.1, -0.05) is 0 Å². The van der Waals surface area contributed by atoms with Crippen LogP contribution in [0.3, 0.4) is 0 Å². The summed E-state index contributed by atoms with van der Waals surface area (Å²) in [6.07, 6.45) is 0.412. The van der Waals surface area contributed by atoms with Gasteiger partial charge in [-0.2, -0.15) is 0 Å². The number of imide groups is 1. The lowest BCUT2D eigenvalue weighted by atomic mass is 10.0. The number of carbonyl (C=O) groups excluding carboxylic acids is 3. The van der Waals surface area contributed by atoms with Crippen molar-refractivity contribution in [1.82, 2.24) is 15.1 Å². The number of hydrogen-bond acceptors (Lipinski definition) is 4. The molecule has 0 aromatic heterocycles. The number of rotatable bonds is 3. The van der Waals surface area contributed by atoms with Crippen molar-refractivity contribution in [2.24, 2.45) is 5.92 Å². The first kappa shape index (κ1) is 14.3. The van der Waals surface area contributed by atoms with Crippen LogP contribution in [0.1, 0.15) is 20.3 Å². The van der Waals surface area contributed by atoms with Crippen molar-refractivity contribution < 1.29 is 24.3 Å². The summed E-state index contributed by atoms with van der Waals surface area (Å²) in [5.41, 5.74) is -1.07. The van der Waals surface area contributed by atoms with Crippen LogP contribution in [0.15, 0.2) is 0 Å². The van der Waals surface area contributed by atoms with E-state index in [4.69, 9.17) is 5.11 Å². The number of carboxylic acid groups (broad SMARTS) is 1. The van der Waals surface area contributed by atoms with Gasteiger partial charge < -0.3 is 14.9 Å². The minimum Gasteiger partial charge on any atom is -0.481 e. The molecule has 0 aliphatic carbocycles. The number of carboxylic acids is 1. The normalized spacial score (nSPS) is 25.0. The Labute approximate surface area is 115 Å². The molecule has 2 rings (SSSR count). The Morgan fingerprint density at radius 3 is 2.50 bits per heavy atom. The van der Waals surface area contributed by atoms with Crippen LogP contribution >= 0.6 is 0 Å². The fourth-order valence-electron chi connectivity index (χ4n) is 2.39. The zero-order chi connectivity index (χ0) is 15.1. The van der Waals surface area contributed by atoms with Crippen LogP contribution in [-0.2, 0) is 14.4 Å². The molecule has 0 aromatic carbocycles. The van der Waals surface area contributed by atoms with Crippen LogP contribution in [0, 0.1) is 5.92 Å². The zero-order valence-electron chi connectivity index (χ0n) is 11.4. The Balaban J connectivity index is 2.00. The van der Waals surface area contributed by atoms with Crippen molar-refractivity contribution in [3.8, 4) is 0 Å². The van der Waals surface area contributed by atoms with Crippen molar-refractivity contribution in [2.45, 2.75) is 25.8 Å². The second-order valence-electron chi connectivity index (χ2n) is 5.57. The lowest BCUT2D eigenvalue weighted by molar-refractivity contribution is -0.141. The molecule has 2 saturated heterocycles. The third-order valence-corrected chi connectivity index (χ3v) is 3.88. The Morgan fingerprint density at radius 1 is 1.40 bits per heavy atom. The second-order valence-corrected chi connectivity index (χ2v) is 5.57. The Kier molecular flexibility index (Phi) is 3.41. The van der Waals surface area contributed by atoms with Gasteiger partial charge in [0, 0.05) is 13.1 Å². The fraction of sp³-hybridized carbons (Fsp3) is 0.667. The molecule has 0 aromatic rings. The maximum atomic E-state index is 12.1. The molecule has 2 heterocycles. The molecule has 0 saturated carbocycles. The summed E-state index contributed by atoms with van der Waals surface area (Å²) in [6.45, 7) is 3.41. The third kappa shape index (κ3) is 2.33. The Morgan fingerprint density at radius 2 is 2.05 bits per heavy atom. The number of likely N-dealkylation sites (tertiary alicyclic amines) is 1. The van der Waals surface area contributed by atoms with Gasteiger partial charge in [0.25, 0.3) is 5.91 Å². The highest BCUT2D eigenvalue weighted by atomic mass is 16.4. The monoisotopic (exact) mass is 283 g/mol. The van der Waals surface area contributed by atoms with E-state index in [0.29, 0.717) is 13.0 Å². The van der Waals surface area contributed by atoms with Crippen molar-refractivity contribution >= 4 is 23.8 Å². The molecule has 2 fully saturated rings. The quantitative estimate of drug-likeness (QED) is 0.663. The smallest absolute Gasteiger partial charge is 0.325 e. The first-order chi connectivity index (χ1) is 9.23. The molecular weight excluding hydrogens is 266 g/mol. The topological polar surface area (TPSA) is 107 Å². The van der Waals surface area contributed by atoms with Crippen LogP contribution in [0.4, 0.5) is 4.79 Å². The van der Waals surface area contributed by atoms with Gasteiger partial charge in [-0.15, -0.1) is 0 Å². The number of urea groups is 1. The minimum absolute atomic E-state index is 0.151. The highest BCUT2D eigenvalue weighted by molar-refractivity contribution is 6.07. The predicted molar refractivity (Wildman–Crippen MR) is 66.6 cm³/mol. The van der Waals surface area contributed by atoms with E-state index in [1.807, 2.05) is 0 Å². The molecule has 0 radical (unpaired) electrons. The summed E-state index contributed by atoms with van der Waals surface area (Å²) in [5, 5.41) is 11.1. The molecule has 0 spiro atoms. The van der Waals surface area contributed by atoms with E-state index in [9.17, 15) is 19.2 Å². The summed E-state index contributed by atoms with van der Waals surface area (Å²) in [5.74, 6) is -2.26. The van der Waals surface area contributed by atoms with E-state index in [1.165, 1.54) is 9.80 Å². The minimum atomic E-state index is -1.07. The third-order valence-electron chi connectivity index (χ3n) is 3.88. The van der Waals surface area contributed by atoms with E-state index >= 15 is 0 Å². The highest BCUT2D eigenvalue weighted by Crippen LogP contribution is 2.22. The Bertz CT molecular complexity index is 487. The van der Waals surface area contributed by atoms with Gasteiger partial charge in [0.05, 0.1) is 5.92 Å². The zero-order valence-corrected chi connectivity index (χ0v) is 11.4. The maximum absolute atomic E-state index is 12.1. The molecule has 1 atom stereocenters. The van der Waals surface area contributed by atoms with Crippen LogP contribution in [-0.4, -0.2) is 63.9 Å². The summed E-state index contributed by atoms with van der Waals surface area (Å²) < 4.78 is 0. The van der Waals surface area contributed by atoms with E-state index in [0.717, 1.165) is 0 Å². The number of carbonyl (C=O) groups is 4. The average molecular weight is 283 g/mol. The van der Waals surface area contributed by atoms with E-state index in [2.05, 4.69) is 5.32 Å². The van der Waals surface area contributed by atoms with Crippen molar-refractivity contribution in [1.29, 1.82) is 0 Å². The molecule has 8 nitrogen and oxygen atoms in total. The summed E-state index contributed by atoms with van der Waals surface area (Å²) in [7, 11) is 0.